The summed E-state index contributed by atoms with van der Waals surface area (Å²) in [5, 5.41) is 11.4. The second-order valence-electron chi connectivity index (χ2n) is 3.65. The maximum absolute atomic E-state index is 11.6. The smallest absolute Gasteiger partial charge is 0.335 e. The van der Waals surface area contributed by atoms with Gasteiger partial charge < -0.3 is 16.2 Å². The molecule has 0 aliphatic rings. The van der Waals surface area contributed by atoms with Gasteiger partial charge in [-0.3, -0.25) is 4.79 Å². The molecule has 1 atom stereocenters. The number of amides is 1. The Labute approximate surface area is 113 Å². The average molecular weight is 313 g/mol. The number of hydrogen-bond donors (Lipinski definition) is 3. The molecule has 1 rings (SSSR count). The van der Waals surface area contributed by atoms with Crippen LogP contribution in [0.3, 0.4) is 0 Å². The quantitative estimate of drug-likeness (QED) is 0.725. The molecule has 0 bridgehead atoms. The molecule has 0 spiro atoms. The van der Waals surface area contributed by atoms with Crippen molar-refractivity contribution in [2.45, 2.75) is 12.5 Å². The third-order valence-corrected chi connectivity index (χ3v) is 2.63. The molecule has 0 radical (unpaired) electrons. The summed E-state index contributed by atoms with van der Waals surface area (Å²) in [4.78, 5) is 22.5. The summed E-state index contributed by atoms with van der Waals surface area (Å²) in [6.07, 6.45) is 1.90. The van der Waals surface area contributed by atoms with Crippen LogP contribution in [-0.2, 0) is 4.79 Å². The zero-order valence-corrected chi connectivity index (χ0v) is 11.1. The molecule has 0 aromatic heterocycles. The van der Waals surface area contributed by atoms with Crippen molar-refractivity contribution in [1.82, 2.24) is 0 Å². The lowest BCUT2D eigenvalue weighted by Gasteiger charge is -2.11. The third kappa shape index (κ3) is 3.97. The Morgan fingerprint density at radius 2 is 2.17 bits per heavy atom. The number of nitrogens with two attached hydrogens (primary N) is 1. The Balaban J connectivity index is 2.87. The fourth-order valence-electron chi connectivity index (χ4n) is 1.31. The summed E-state index contributed by atoms with van der Waals surface area (Å²) >= 11 is 3.18. The first-order valence-electron chi connectivity index (χ1n) is 5.15. The first-order chi connectivity index (χ1) is 8.43. The van der Waals surface area contributed by atoms with Gasteiger partial charge in [-0.1, -0.05) is 22.0 Å². The van der Waals surface area contributed by atoms with Crippen LogP contribution in [0.2, 0.25) is 0 Å². The van der Waals surface area contributed by atoms with Gasteiger partial charge in [0, 0.05) is 10.2 Å². The Bertz CT molecular complexity index is 488. The predicted octanol–water partition coefficient (Wildman–Crippen LogP) is 1.99. The number of carbonyl (C=O) groups excluding carboxylic acids is 1. The number of aromatic carboxylic acids is 1. The van der Waals surface area contributed by atoms with E-state index in [1.165, 1.54) is 12.1 Å². The normalized spacial score (nSPS) is 11.7. The summed E-state index contributed by atoms with van der Waals surface area (Å²) in [5.74, 6) is -1.45. The predicted molar refractivity (Wildman–Crippen MR) is 72.5 cm³/mol. The van der Waals surface area contributed by atoms with E-state index >= 15 is 0 Å². The molecule has 0 aliphatic carbocycles. The van der Waals surface area contributed by atoms with Crippen LogP contribution in [0.1, 0.15) is 16.8 Å². The lowest BCUT2D eigenvalue weighted by Crippen LogP contribution is -2.35. The average Bonchev–Trinajstić information content (AvgIpc) is 2.28. The fourth-order valence-corrected chi connectivity index (χ4v) is 1.80. The number of hydrogen-bond acceptors (Lipinski definition) is 3. The Morgan fingerprint density at radius 3 is 2.72 bits per heavy atom. The first-order valence-corrected chi connectivity index (χ1v) is 5.94. The summed E-state index contributed by atoms with van der Waals surface area (Å²) in [6, 6.07) is 3.72. The second kappa shape index (κ2) is 6.32. The highest BCUT2D eigenvalue weighted by Gasteiger charge is 2.13. The molecule has 0 fully saturated rings. The van der Waals surface area contributed by atoms with Gasteiger partial charge in [0.2, 0.25) is 5.91 Å². The molecule has 0 aliphatic heterocycles. The standard InChI is InChI=1S/C12H13BrN2O3/c1-2-3-10(14)11(16)15-9-5-7(12(17)18)4-8(13)6-9/h2,4-6,10H,1,3,14H2,(H,15,16)(H,17,18). The van der Waals surface area contributed by atoms with E-state index in [-0.39, 0.29) is 11.5 Å². The summed E-state index contributed by atoms with van der Waals surface area (Å²) < 4.78 is 0.565. The van der Waals surface area contributed by atoms with Crippen LogP contribution < -0.4 is 11.1 Å². The molecular weight excluding hydrogens is 300 g/mol. The van der Waals surface area contributed by atoms with E-state index in [1.807, 2.05) is 0 Å². The number of carbonyl (C=O) groups is 2. The lowest BCUT2D eigenvalue weighted by molar-refractivity contribution is -0.117. The number of halogens is 1. The van der Waals surface area contributed by atoms with Crippen molar-refractivity contribution in [3.05, 3.63) is 40.9 Å². The molecule has 1 unspecified atom stereocenters. The van der Waals surface area contributed by atoms with E-state index in [9.17, 15) is 9.59 Å². The third-order valence-electron chi connectivity index (χ3n) is 2.17. The molecule has 1 aromatic carbocycles. The van der Waals surface area contributed by atoms with Crippen molar-refractivity contribution in [3.8, 4) is 0 Å². The maximum atomic E-state index is 11.6. The van der Waals surface area contributed by atoms with E-state index in [0.29, 0.717) is 16.6 Å². The first kappa shape index (κ1) is 14.4. The van der Waals surface area contributed by atoms with Gasteiger partial charge in [-0.15, -0.1) is 6.58 Å². The van der Waals surface area contributed by atoms with E-state index in [1.54, 1.807) is 12.1 Å². The topological polar surface area (TPSA) is 92.4 Å². The van der Waals surface area contributed by atoms with Crippen LogP contribution in [0, 0.1) is 0 Å². The molecular formula is C12H13BrN2O3. The monoisotopic (exact) mass is 312 g/mol. The van der Waals surface area contributed by atoms with E-state index in [4.69, 9.17) is 10.8 Å². The molecule has 6 heteroatoms. The number of nitrogens with one attached hydrogen (secondary N) is 1. The molecule has 0 saturated heterocycles. The summed E-state index contributed by atoms with van der Waals surface area (Å²) in [7, 11) is 0. The summed E-state index contributed by atoms with van der Waals surface area (Å²) in [6.45, 7) is 3.50. The van der Waals surface area contributed by atoms with E-state index < -0.39 is 12.0 Å². The van der Waals surface area contributed by atoms with E-state index in [0.717, 1.165) is 0 Å². The number of carboxylic acid groups (broad SMARTS) is 1. The van der Waals surface area contributed by atoms with Gasteiger partial charge in [0.15, 0.2) is 0 Å². The summed E-state index contributed by atoms with van der Waals surface area (Å²) in [5.41, 5.74) is 6.06. The highest BCUT2D eigenvalue weighted by Crippen LogP contribution is 2.20. The minimum Gasteiger partial charge on any atom is -0.478 e. The SMILES string of the molecule is C=CCC(N)C(=O)Nc1cc(Br)cc(C(=O)O)c1. The second-order valence-corrected chi connectivity index (χ2v) is 4.57. The highest BCUT2D eigenvalue weighted by atomic mass is 79.9. The van der Waals surface area contributed by atoms with Gasteiger partial charge in [0.25, 0.3) is 0 Å². The van der Waals surface area contributed by atoms with Gasteiger partial charge in [0.05, 0.1) is 11.6 Å². The highest BCUT2D eigenvalue weighted by molar-refractivity contribution is 9.10. The number of rotatable bonds is 5. The van der Waals surface area contributed by atoms with Crippen molar-refractivity contribution >= 4 is 33.5 Å². The Hall–Kier alpha value is -1.66. The zero-order chi connectivity index (χ0) is 13.7. The van der Waals surface area contributed by atoms with Gasteiger partial charge in [-0.25, -0.2) is 4.79 Å². The molecule has 5 nitrogen and oxygen atoms in total. The van der Waals surface area contributed by atoms with Crippen LogP contribution in [0.5, 0.6) is 0 Å². The van der Waals surface area contributed by atoms with Crippen LogP contribution >= 0.6 is 15.9 Å². The van der Waals surface area contributed by atoms with Gasteiger partial charge >= 0.3 is 5.97 Å². The maximum Gasteiger partial charge on any atom is 0.335 e. The zero-order valence-electron chi connectivity index (χ0n) is 9.52. The van der Waals surface area contributed by atoms with Gasteiger partial charge in [0.1, 0.15) is 0 Å². The molecule has 1 aromatic rings. The van der Waals surface area contributed by atoms with Crippen molar-refractivity contribution in [3.63, 3.8) is 0 Å². The number of anilines is 1. The van der Waals surface area contributed by atoms with Crippen molar-refractivity contribution in [2.24, 2.45) is 5.73 Å². The van der Waals surface area contributed by atoms with Crippen molar-refractivity contribution < 1.29 is 14.7 Å². The van der Waals surface area contributed by atoms with Crippen LogP contribution in [0.25, 0.3) is 0 Å². The Kier molecular flexibility index (Phi) is 5.06. The largest absolute Gasteiger partial charge is 0.478 e. The fraction of sp³-hybridized carbons (Fsp3) is 0.167. The molecule has 96 valence electrons. The van der Waals surface area contributed by atoms with Crippen LogP contribution in [-0.4, -0.2) is 23.0 Å². The molecule has 1 amide bonds. The minimum atomic E-state index is -1.07. The van der Waals surface area contributed by atoms with Crippen LogP contribution in [0.4, 0.5) is 5.69 Å². The number of carboxylic acids is 1. The lowest BCUT2D eigenvalue weighted by atomic mass is 10.1. The van der Waals surface area contributed by atoms with Gasteiger partial charge in [-0.05, 0) is 24.6 Å². The van der Waals surface area contributed by atoms with Crippen molar-refractivity contribution in [2.75, 3.05) is 5.32 Å². The molecule has 18 heavy (non-hydrogen) atoms. The minimum absolute atomic E-state index is 0.0805. The molecule has 0 heterocycles. The molecule has 4 N–H and O–H groups in total. The van der Waals surface area contributed by atoms with Crippen LogP contribution in [0.15, 0.2) is 35.3 Å². The molecule has 0 saturated carbocycles. The van der Waals surface area contributed by atoms with Crippen molar-refractivity contribution in [1.29, 1.82) is 0 Å². The Morgan fingerprint density at radius 1 is 1.50 bits per heavy atom. The van der Waals surface area contributed by atoms with Gasteiger partial charge in [-0.2, -0.15) is 0 Å². The van der Waals surface area contributed by atoms with E-state index in [2.05, 4.69) is 27.8 Å². The number of benzene rings is 1.